The normalized spacial score (nSPS) is 62.9. The highest BCUT2D eigenvalue weighted by atomic mass is 16.3. The standard InChI is InChI=1S/C8H10O2/c9-5-2-3-1-4-6(5)7(4)8(3)10/h3-4,6-8,10H,1-2H2/t3-,4-,6+,7-,8+/m0/s1. The summed E-state index contributed by atoms with van der Waals surface area (Å²) in [6.45, 7) is 0. The SMILES string of the molecule is O=C1C[C@@H]2C[C@H]3[C@H]1[C@H]3[C@@H]2O. The quantitative estimate of drug-likeness (QED) is 0.519. The fraction of sp³-hybridized carbons (Fsp3) is 0.875. The second-order valence-electron chi connectivity index (χ2n) is 3.92. The molecule has 0 aliphatic heterocycles. The summed E-state index contributed by atoms with van der Waals surface area (Å²) in [5, 5.41) is 9.50. The first-order valence-corrected chi connectivity index (χ1v) is 4.00. The van der Waals surface area contributed by atoms with Gasteiger partial charge < -0.3 is 5.11 Å². The Bertz CT molecular complexity index is 209. The fourth-order valence-electron chi connectivity index (χ4n) is 3.03. The number of Topliss-reactive ketones (excluding diaryl/α,β-unsaturated/α-hetero) is 1. The van der Waals surface area contributed by atoms with Gasteiger partial charge in [0.25, 0.3) is 0 Å². The summed E-state index contributed by atoms with van der Waals surface area (Å²) in [6.07, 6.45) is 1.67. The van der Waals surface area contributed by atoms with Gasteiger partial charge >= 0.3 is 0 Å². The summed E-state index contributed by atoms with van der Waals surface area (Å²) in [4.78, 5) is 11.1. The average molecular weight is 138 g/mol. The number of ketones is 1. The van der Waals surface area contributed by atoms with Crippen molar-refractivity contribution in [3.8, 4) is 0 Å². The fourth-order valence-corrected chi connectivity index (χ4v) is 3.03. The Kier molecular flexibility index (Phi) is 0.691. The van der Waals surface area contributed by atoms with Crippen molar-refractivity contribution in [3.63, 3.8) is 0 Å². The van der Waals surface area contributed by atoms with Crippen LogP contribution in [-0.4, -0.2) is 17.0 Å². The summed E-state index contributed by atoms with van der Waals surface area (Å²) < 4.78 is 0. The lowest BCUT2D eigenvalue weighted by molar-refractivity contribution is -0.126. The molecule has 0 aromatic heterocycles. The molecule has 54 valence electrons. The first-order chi connectivity index (χ1) is 4.79. The van der Waals surface area contributed by atoms with Crippen LogP contribution in [0.1, 0.15) is 12.8 Å². The number of aliphatic hydroxyl groups excluding tert-OH is 1. The number of hydrogen-bond acceptors (Lipinski definition) is 2. The predicted octanol–water partition coefficient (Wildman–Crippen LogP) is 0.202. The molecule has 10 heavy (non-hydrogen) atoms. The summed E-state index contributed by atoms with van der Waals surface area (Å²) in [6, 6.07) is 0. The van der Waals surface area contributed by atoms with E-state index in [0.29, 0.717) is 35.9 Å². The molecule has 1 N–H and O–H groups in total. The number of hydrogen-bond donors (Lipinski definition) is 1. The van der Waals surface area contributed by atoms with E-state index in [1.54, 1.807) is 0 Å². The van der Waals surface area contributed by atoms with Gasteiger partial charge in [0.2, 0.25) is 0 Å². The molecule has 4 bridgehead atoms. The van der Waals surface area contributed by atoms with Gasteiger partial charge in [-0.1, -0.05) is 0 Å². The molecule has 0 radical (unpaired) electrons. The molecule has 2 nitrogen and oxygen atoms in total. The van der Waals surface area contributed by atoms with Crippen LogP contribution in [0.25, 0.3) is 0 Å². The molecular weight excluding hydrogens is 128 g/mol. The molecule has 2 heteroatoms. The van der Waals surface area contributed by atoms with E-state index in [1.807, 2.05) is 0 Å². The van der Waals surface area contributed by atoms with Gasteiger partial charge in [-0.25, -0.2) is 0 Å². The maximum atomic E-state index is 11.1. The zero-order valence-corrected chi connectivity index (χ0v) is 5.66. The van der Waals surface area contributed by atoms with Crippen molar-refractivity contribution in [3.05, 3.63) is 0 Å². The van der Waals surface area contributed by atoms with Crippen LogP contribution in [-0.2, 0) is 4.79 Å². The van der Waals surface area contributed by atoms with Crippen LogP contribution in [0.5, 0.6) is 0 Å². The van der Waals surface area contributed by atoms with E-state index in [0.717, 1.165) is 6.42 Å². The predicted molar refractivity (Wildman–Crippen MR) is 34.2 cm³/mol. The van der Waals surface area contributed by atoms with Crippen molar-refractivity contribution in [2.45, 2.75) is 18.9 Å². The van der Waals surface area contributed by atoms with Crippen molar-refractivity contribution >= 4 is 5.78 Å². The molecule has 0 spiro atoms. The van der Waals surface area contributed by atoms with Gasteiger partial charge in [0.1, 0.15) is 5.78 Å². The van der Waals surface area contributed by atoms with Gasteiger partial charge in [-0.05, 0) is 24.2 Å². The minimum Gasteiger partial charge on any atom is -0.393 e. The zero-order valence-electron chi connectivity index (χ0n) is 5.66. The third-order valence-electron chi connectivity index (χ3n) is 3.52. The van der Waals surface area contributed by atoms with Crippen molar-refractivity contribution in [1.82, 2.24) is 0 Å². The van der Waals surface area contributed by atoms with Crippen LogP contribution in [0, 0.1) is 23.7 Å². The average Bonchev–Trinajstić information content (AvgIpc) is 2.54. The van der Waals surface area contributed by atoms with Gasteiger partial charge in [-0.3, -0.25) is 4.79 Å². The minimum atomic E-state index is -0.118. The van der Waals surface area contributed by atoms with Crippen LogP contribution < -0.4 is 0 Å². The number of fused-ring (bicyclic) bond motifs is 1. The Labute approximate surface area is 59.2 Å². The lowest BCUT2D eigenvalue weighted by Gasteiger charge is -2.24. The van der Waals surface area contributed by atoms with Gasteiger partial charge in [0, 0.05) is 12.3 Å². The second-order valence-corrected chi connectivity index (χ2v) is 3.92. The number of rotatable bonds is 0. The summed E-state index contributed by atoms with van der Waals surface area (Å²) >= 11 is 0. The van der Waals surface area contributed by atoms with E-state index >= 15 is 0 Å². The van der Waals surface area contributed by atoms with Crippen LogP contribution in [0.2, 0.25) is 0 Å². The zero-order chi connectivity index (χ0) is 6.88. The smallest absolute Gasteiger partial charge is 0.137 e. The summed E-state index contributed by atoms with van der Waals surface area (Å²) in [5.74, 6) is 2.05. The molecule has 5 atom stereocenters. The van der Waals surface area contributed by atoms with Crippen LogP contribution in [0.4, 0.5) is 0 Å². The lowest BCUT2D eigenvalue weighted by Crippen LogP contribution is -2.31. The maximum Gasteiger partial charge on any atom is 0.137 e. The molecule has 0 amide bonds. The molecule has 0 aromatic rings. The lowest BCUT2D eigenvalue weighted by atomic mass is 9.83. The van der Waals surface area contributed by atoms with E-state index < -0.39 is 0 Å². The highest BCUT2D eigenvalue weighted by molar-refractivity contribution is 5.87. The number of aliphatic hydroxyl groups is 1. The Hall–Kier alpha value is -0.370. The van der Waals surface area contributed by atoms with E-state index in [9.17, 15) is 9.90 Å². The van der Waals surface area contributed by atoms with Crippen LogP contribution in [0.3, 0.4) is 0 Å². The van der Waals surface area contributed by atoms with E-state index in [-0.39, 0.29) is 6.10 Å². The first kappa shape index (κ1) is 5.30. The third kappa shape index (κ3) is 0.382. The summed E-state index contributed by atoms with van der Waals surface area (Å²) in [7, 11) is 0. The molecule has 4 aliphatic rings. The van der Waals surface area contributed by atoms with Crippen molar-refractivity contribution in [2.24, 2.45) is 23.7 Å². The maximum absolute atomic E-state index is 11.1. The van der Waals surface area contributed by atoms with E-state index in [2.05, 4.69) is 0 Å². The number of carbonyl (C=O) groups excluding carboxylic acids is 1. The van der Waals surface area contributed by atoms with E-state index in [4.69, 9.17) is 0 Å². The Morgan fingerprint density at radius 2 is 2.30 bits per heavy atom. The van der Waals surface area contributed by atoms with Gasteiger partial charge in [-0.2, -0.15) is 0 Å². The van der Waals surface area contributed by atoms with Gasteiger partial charge in [0.15, 0.2) is 0 Å². The van der Waals surface area contributed by atoms with Crippen molar-refractivity contribution < 1.29 is 9.90 Å². The Balaban J connectivity index is 2.01. The molecule has 0 saturated heterocycles. The highest BCUT2D eigenvalue weighted by Crippen LogP contribution is 2.64. The third-order valence-corrected chi connectivity index (χ3v) is 3.52. The van der Waals surface area contributed by atoms with Crippen molar-refractivity contribution in [1.29, 1.82) is 0 Å². The van der Waals surface area contributed by atoms with Crippen LogP contribution >= 0.6 is 0 Å². The molecule has 0 heterocycles. The van der Waals surface area contributed by atoms with Gasteiger partial charge in [0.05, 0.1) is 6.10 Å². The van der Waals surface area contributed by atoms with Crippen LogP contribution in [0.15, 0.2) is 0 Å². The molecule has 0 aromatic carbocycles. The second kappa shape index (κ2) is 1.30. The molecule has 4 aliphatic carbocycles. The van der Waals surface area contributed by atoms with Crippen molar-refractivity contribution in [2.75, 3.05) is 0 Å². The largest absolute Gasteiger partial charge is 0.393 e. The van der Waals surface area contributed by atoms with E-state index in [1.165, 1.54) is 0 Å². The molecule has 4 saturated carbocycles. The monoisotopic (exact) mass is 138 g/mol. The molecule has 4 fully saturated rings. The molecule has 4 rings (SSSR count). The minimum absolute atomic E-state index is 0.118. The summed E-state index contributed by atoms with van der Waals surface area (Å²) in [5.41, 5.74) is 0. The van der Waals surface area contributed by atoms with Gasteiger partial charge in [-0.15, -0.1) is 0 Å². The molecular formula is C8H10O2. The Morgan fingerprint density at radius 3 is 2.70 bits per heavy atom. The topological polar surface area (TPSA) is 37.3 Å². The Morgan fingerprint density at radius 1 is 1.50 bits per heavy atom. The first-order valence-electron chi connectivity index (χ1n) is 4.00. The highest BCUT2D eigenvalue weighted by Gasteiger charge is 2.67. The molecule has 0 unspecified atom stereocenters. The number of carbonyl (C=O) groups is 1.